The fraction of sp³-hybridized carbons (Fsp3) is 0.588. The second-order valence-electron chi connectivity index (χ2n) is 6.53. The highest BCUT2D eigenvalue weighted by molar-refractivity contribution is 5.82. The van der Waals surface area contributed by atoms with Crippen LogP contribution in [0.1, 0.15) is 37.3 Å². The Balaban J connectivity index is 2.19. The van der Waals surface area contributed by atoms with Crippen LogP contribution in [0.2, 0.25) is 0 Å². The molecule has 2 aliphatic carbocycles. The fourth-order valence-electron chi connectivity index (χ4n) is 4.45. The fourth-order valence-corrected chi connectivity index (χ4v) is 4.45. The molecule has 4 nitrogen and oxygen atoms in total. The maximum atomic E-state index is 12.1. The third-order valence-electron chi connectivity index (χ3n) is 5.43. The van der Waals surface area contributed by atoms with Crippen LogP contribution in [-0.2, 0) is 16.6 Å². The molecule has 21 heavy (non-hydrogen) atoms. The number of carbonyl (C=O) groups excluding carboxylic acids is 1. The third kappa shape index (κ3) is 2.04. The van der Waals surface area contributed by atoms with E-state index < -0.39 is 0 Å². The van der Waals surface area contributed by atoms with Crippen LogP contribution in [0.25, 0.3) is 0 Å². The van der Waals surface area contributed by atoms with Crippen molar-refractivity contribution in [2.24, 2.45) is 5.92 Å². The maximum Gasteiger partial charge on any atom is 0.161 e. The van der Waals surface area contributed by atoms with Crippen molar-refractivity contribution in [3.63, 3.8) is 0 Å². The Bertz CT molecular complexity index is 584. The van der Waals surface area contributed by atoms with Crippen LogP contribution in [0.15, 0.2) is 12.1 Å². The number of aromatic hydroxyl groups is 1. The lowest BCUT2D eigenvalue weighted by atomic mass is 9.56. The van der Waals surface area contributed by atoms with Gasteiger partial charge in [-0.3, -0.25) is 4.79 Å². The van der Waals surface area contributed by atoms with Gasteiger partial charge in [-0.2, -0.15) is 0 Å². The molecule has 0 aliphatic heterocycles. The largest absolute Gasteiger partial charge is 0.504 e. The number of nitrogens with one attached hydrogen (secondary N) is 1. The van der Waals surface area contributed by atoms with Crippen molar-refractivity contribution in [2.45, 2.75) is 44.1 Å². The number of fused-ring (bicyclic) bond motifs is 3. The van der Waals surface area contributed by atoms with E-state index in [9.17, 15) is 9.90 Å². The Labute approximate surface area is 125 Å². The van der Waals surface area contributed by atoms with Gasteiger partial charge in [0.15, 0.2) is 11.5 Å². The van der Waals surface area contributed by atoms with Crippen molar-refractivity contribution >= 4 is 5.78 Å². The van der Waals surface area contributed by atoms with E-state index in [1.807, 2.05) is 19.2 Å². The van der Waals surface area contributed by atoms with Crippen molar-refractivity contribution in [1.82, 2.24) is 5.32 Å². The first-order valence-corrected chi connectivity index (χ1v) is 7.59. The zero-order valence-electron chi connectivity index (χ0n) is 12.9. The third-order valence-corrected chi connectivity index (χ3v) is 5.43. The lowest BCUT2D eigenvalue weighted by Crippen LogP contribution is -2.53. The number of carbonyl (C=O) groups is 1. The predicted molar refractivity (Wildman–Crippen MR) is 80.9 cm³/mol. The quantitative estimate of drug-likeness (QED) is 0.876. The molecular formula is C17H23NO3. The lowest BCUT2D eigenvalue weighted by Gasteiger charge is -2.49. The van der Waals surface area contributed by atoms with Crippen LogP contribution in [0.5, 0.6) is 11.5 Å². The number of rotatable bonds is 2. The highest BCUT2D eigenvalue weighted by Crippen LogP contribution is 2.53. The van der Waals surface area contributed by atoms with E-state index in [0.29, 0.717) is 36.3 Å². The molecule has 4 heteroatoms. The molecule has 1 fully saturated rings. The molecule has 1 saturated carbocycles. The standard InChI is InChI=1S/C17H23NO3/c1-17-9-11(19)5-6-12(17)13(18-2)8-10-4-7-14(21-3)16(20)15(10)17/h4,7,12-13,18,20H,5-6,8-9H2,1-3H3/t12-,13+,17?/m1/s1. The summed E-state index contributed by atoms with van der Waals surface area (Å²) in [5.74, 6) is 1.37. The molecule has 1 unspecified atom stereocenters. The molecule has 0 spiro atoms. The monoisotopic (exact) mass is 289 g/mol. The number of ketones is 1. The first-order valence-electron chi connectivity index (χ1n) is 7.59. The number of likely N-dealkylation sites (N-methyl/N-ethyl adjacent to an activating group) is 1. The van der Waals surface area contributed by atoms with Gasteiger partial charge in [-0.25, -0.2) is 0 Å². The molecule has 3 rings (SSSR count). The minimum atomic E-state index is -0.310. The summed E-state index contributed by atoms with van der Waals surface area (Å²) in [6.45, 7) is 2.12. The number of Topliss-reactive ketones (excluding diaryl/α,β-unsaturated/α-hetero) is 1. The predicted octanol–water partition coefficient (Wildman–Crippen LogP) is 2.17. The topological polar surface area (TPSA) is 58.6 Å². The van der Waals surface area contributed by atoms with E-state index in [4.69, 9.17) is 4.74 Å². The molecule has 0 aromatic heterocycles. The van der Waals surface area contributed by atoms with Gasteiger partial charge in [0.2, 0.25) is 0 Å². The van der Waals surface area contributed by atoms with Gasteiger partial charge in [0.05, 0.1) is 7.11 Å². The van der Waals surface area contributed by atoms with Crippen molar-refractivity contribution in [3.05, 3.63) is 23.3 Å². The molecule has 2 aliphatic rings. The van der Waals surface area contributed by atoms with Crippen LogP contribution < -0.4 is 10.1 Å². The Hall–Kier alpha value is -1.55. The number of hydrogen-bond donors (Lipinski definition) is 2. The summed E-state index contributed by atoms with van der Waals surface area (Å²) in [4.78, 5) is 12.1. The first-order chi connectivity index (χ1) is 10.0. The number of phenols is 1. The molecular weight excluding hydrogens is 266 g/mol. The van der Waals surface area contributed by atoms with Gasteiger partial charge < -0.3 is 15.2 Å². The summed E-state index contributed by atoms with van der Waals surface area (Å²) in [6, 6.07) is 4.19. The van der Waals surface area contributed by atoms with E-state index in [2.05, 4.69) is 12.2 Å². The zero-order chi connectivity index (χ0) is 15.2. The van der Waals surface area contributed by atoms with Gasteiger partial charge in [-0.1, -0.05) is 13.0 Å². The second kappa shape index (κ2) is 5.02. The Morgan fingerprint density at radius 3 is 2.86 bits per heavy atom. The van der Waals surface area contributed by atoms with Gasteiger partial charge >= 0.3 is 0 Å². The van der Waals surface area contributed by atoms with Crippen molar-refractivity contribution < 1.29 is 14.6 Å². The normalized spacial score (nSPS) is 31.5. The summed E-state index contributed by atoms with van der Waals surface area (Å²) in [5.41, 5.74) is 1.74. The van der Waals surface area contributed by atoms with Crippen LogP contribution >= 0.6 is 0 Å². The second-order valence-corrected chi connectivity index (χ2v) is 6.53. The van der Waals surface area contributed by atoms with E-state index >= 15 is 0 Å². The molecule has 1 aromatic rings. The average Bonchev–Trinajstić information content (AvgIpc) is 2.45. The molecule has 0 heterocycles. The minimum absolute atomic E-state index is 0.215. The lowest BCUT2D eigenvalue weighted by molar-refractivity contribution is -0.123. The van der Waals surface area contributed by atoms with Crippen molar-refractivity contribution in [1.29, 1.82) is 0 Å². The summed E-state index contributed by atoms with van der Waals surface area (Å²) < 4.78 is 5.27. The Kier molecular flexibility index (Phi) is 3.44. The molecule has 3 atom stereocenters. The number of phenolic OH excluding ortho intramolecular Hbond substituents is 1. The Morgan fingerprint density at radius 2 is 2.19 bits per heavy atom. The summed E-state index contributed by atoms with van der Waals surface area (Å²) in [5, 5.41) is 14.0. The van der Waals surface area contributed by atoms with Crippen LogP contribution in [-0.4, -0.2) is 31.1 Å². The zero-order valence-corrected chi connectivity index (χ0v) is 12.9. The molecule has 1 aromatic carbocycles. The highest BCUT2D eigenvalue weighted by atomic mass is 16.5. The SMILES string of the molecule is CN[C@H]1Cc2ccc(OC)c(O)c2C2(C)CC(=O)CC[C@H]12. The first kappa shape index (κ1) is 14.4. The molecule has 0 amide bonds. The van der Waals surface area contributed by atoms with Crippen LogP contribution in [0.4, 0.5) is 0 Å². The van der Waals surface area contributed by atoms with Gasteiger partial charge in [0.1, 0.15) is 5.78 Å². The molecule has 0 bridgehead atoms. The molecule has 0 radical (unpaired) electrons. The number of benzene rings is 1. The summed E-state index contributed by atoms with van der Waals surface area (Å²) in [7, 11) is 3.54. The van der Waals surface area contributed by atoms with Gasteiger partial charge in [-0.15, -0.1) is 0 Å². The van der Waals surface area contributed by atoms with E-state index in [1.54, 1.807) is 7.11 Å². The summed E-state index contributed by atoms with van der Waals surface area (Å²) >= 11 is 0. The van der Waals surface area contributed by atoms with Gasteiger partial charge in [0.25, 0.3) is 0 Å². The minimum Gasteiger partial charge on any atom is -0.504 e. The number of methoxy groups -OCH3 is 1. The highest BCUT2D eigenvalue weighted by Gasteiger charge is 2.50. The van der Waals surface area contributed by atoms with Crippen LogP contribution in [0, 0.1) is 5.92 Å². The molecule has 2 N–H and O–H groups in total. The van der Waals surface area contributed by atoms with E-state index in [0.717, 1.165) is 24.0 Å². The van der Waals surface area contributed by atoms with E-state index in [-0.39, 0.29) is 11.2 Å². The molecule has 0 saturated heterocycles. The number of hydrogen-bond acceptors (Lipinski definition) is 4. The van der Waals surface area contributed by atoms with Crippen molar-refractivity contribution in [2.75, 3.05) is 14.2 Å². The maximum absolute atomic E-state index is 12.1. The number of ether oxygens (including phenoxy) is 1. The van der Waals surface area contributed by atoms with Crippen molar-refractivity contribution in [3.8, 4) is 11.5 Å². The average molecular weight is 289 g/mol. The van der Waals surface area contributed by atoms with E-state index in [1.165, 1.54) is 0 Å². The Morgan fingerprint density at radius 1 is 1.43 bits per heavy atom. The van der Waals surface area contributed by atoms with Crippen LogP contribution in [0.3, 0.4) is 0 Å². The summed E-state index contributed by atoms with van der Waals surface area (Å²) in [6.07, 6.45) is 2.93. The smallest absolute Gasteiger partial charge is 0.161 e. The van der Waals surface area contributed by atoms with Gasteiger partial charge in [0, 0.05) is 29.9 Å². The van der Waals surface area contributed by atoms with Gasteiger partial charge in [-0.05, 0) is 37.4 Å². The molecule has 114 valence electrons.